The van der Waals surface area contributed by atoms with Crippen molar-refractivity contribution in [1.29, 1.82) is 0 Å². The number of hydrogen-bond acceptors (Lipinski definition) is 3. The molecule has 0 aliphatic heterocycles. The fourth-order valence-corrected chi connectivity index (χ4v) is 0.323. The maximum absolute atomic E-state index is 10.3. The van der Waals surface area contributed by atoms with Gasteiger partial charge in [-0.05, 0) is 13.8 Å². The predicted molar refractivity (Wildman–Crippen MR) is 37.6 cm³/mol. The van der Waals surface area contributed by atoms with Crippen LogP contribution in [0.4, 0.5) is 0 Å². The normalized spacial score (nSPS) is 14.4. The van der Waals surface area contributed by atoms with Crippen molar-refractivity contribution in [3.05, 3.63) is 0 Å². The van der Waals surface area contributed by atoms with Gasteiger partial charge < -0.3 is 9.84 Å². The highest BCUT2D eigenvalue weighted by atomic mass is 16.5. The average Bonchev–Trinajstić information content (AvgIpc) is 1.60. The van der Waals surface area contributed by atoms with Crippen molar-refractivity contribution in [3.63, 3.8) is 0 Å². The maximum Gasteiger partial charge on any atom is 0.302 e. The van der Waals surface area contributed by atoms with Crippen molar-refractivity contribution in [1.82, 2.24) is 0 Å². The van der Waals surface area contributed by atoms with Gasteiger partial charge in [0.2, 0.25) is 0 Å². The summed E-state index contributed by atoms with van der Waals surface area (Å²) < 4.78 is 4.50. The van der Waals surface area contributed by atoms with Gasteiger partial charge in [-0.2, -0.15) is 0 Å². The van der Waals surface area contributed by atoms with Crippen LogP contribution in [0.3, 0.4) is 0 Å². The molecule has 0 unspecified atom stereocenters. The number of esters is 1. The van der Waals surface area contributed by atoms with Gasteiger partial charge in [-0.15, -0.1) is 0 Å². The summed E-state index contributed by atoms with van der Waals surface area (Å²) in [6, 6.07) is -0.954. The Kier molecular flexibility index (Phi) is 2.90. The van der Waals surface area contributed by atoms with E-state index in [0.717, 1.165) is 0 Å². The van der Waals surface area contributed by atoms with Crippen molar-refractivity contribution < 1.29 is 14.6 Å². The van der Waals surface area contributed by atoms with Crippen molar-refractivity contribution in [2.24, 2.45) is 0 Å². The highest BCUT2D eigenvalue weighted by molar-refractivity contribution is 6.12. The SMILES string of the molecule is [B][C@H](OC(C)=O)C(C)(C)O. The average molecular weight is 142 g/mol. The first kappa shape index (κ1) is 9.49. The summed E-state index contributed by atoms with van der Waals surface area (Å²) in [4.78, 5) is 10.3. The smallest absolute Gasteiger partial charge is 0.302 e. The van der Waals surface area contributed by atoms with Crippen LogP contribution in [0.1, 0.15) is 20.8 Å². The van der Waals surface area contributed by atoms with E-state index in [1.807, 2.05) is 0 Å². The standard InChI is InChI=1S/C6H11BO3/c1-4(8)10-5(7)6(2,3)9/h5,9H,1-3H3/t5-/m1/s1. The predicted octanol–water partition coefficient (Wildman–Crippen LogP) is -0.185. The van der Waals surface area contributed by atoms with Gasteiger partial charge in [0, 0.05) is 6.92 Å². The fraction of sp³-hybridized carbons (Fsp3) is 0.833. The number of carbonyl (C=O) groups excluding carboxylic acids is 1. The van der Waals surface area contributed by atoms with Crippen LogP contribution in [0.25, 0.3) is 0 Å². The zero-order valence-corrected chi connectivity index (χ0v) is 6.42. The van der Waals surface area contributed by atoms with E-state index in [0.29, 0.717) is 0 Å². The number of ether oxygens (including phenoxy) is 1. The topological polar surface area (TPSA) is 46.5 Å². The second-order valence-electron chi connectivity index (χ2n) is 2.68. The molecular weight excluding hydrogens is 131 g/mol. The van der Waals surface area contributed by atoms with Crippen LogP contribution in [-0.2, 0) is 9.53 Å². The van der Waals surface area contributed by atoms with Crippen LogP contribution in [-0.4, -0.2) is 30.5 Å². The van der Waals surface area contributed by atoms with Gasteiger partial charge in [-0.1, -0.05) is 0 Å². The lowest BCUT2D eigenvalue weighted by atomic mass is 9.85. The van der Waals surface area contributed by atoms with E-state index in [2.05, 4.69) is 4.74 Å². The van der Waals surface area contributed by atoms with Crippen LogP contribution in [0, 0.1) is 0 Å². The van der Waals surface area contributed by atoms with E-state index in [4.69, 9.17) is 13.0 Å². The summed E-state index contributed by atoms with van der Waals surface area (Å²) >= 11 is 0. The molecular formula is C6H11BO3. The Hall–Kier alpha value is -0.505. The van der Waals surface area contributed by atoms with Crippen LogP contribution >= 0.6 is 0 Å². The van der Waals surface area contributed by atoms with Gasteiger partial charge in [0.05, 0.1) is 11.6 Å². The third-order valence-electron chi connectivity index (χ3n) is 0.989. The molecule has 4 heteroatoms. The fourth-order valence-electron chi connectivity index (χ4n) is 0.323. The molecule has 0 amide bonds. The number of hydrogen-bond donors (Lipinski definition) is 1. The molecule has 3 nitrogen and oxygen atoms in total. The monoisotopic (exact) mass is 142 g/mol. The first-order chi connectivity index (χ1) is 4.34. The van der Waals surface area contributed by atoms with E-state index < -0.39 is 17.6 Å². The summed E-state index contributed by atoms with van der Waals surface area (Å²) in [6.45, 7) is 4.19. The molecule has 0 fully saturated rings. The molecule has 0 aromatic heterocycles. The summed E-state index contributed by atoms with van der Waals surface area (Å²) in [5.74, 6) is -0.491. The number of rotatable bonds is 2. The lowest BCUT2D eigenvalue weighted by Gasteiger charge is -2.25. The Labute approximate surface area is 61.8 Å². The zero-order chi connectivity index (χ0) is 8.36. The van der Waals surface area contributed by atoms with Gasteiger partial charge in [0.1, 0.15) is 7.85 Å². The quantitative estimate of drug-likeness (QED) is 0.429. The Balaban J connectivity index is 3.85. The molecule has 56 valence electrons. The van der Waals surface area contributed by atoms with E-state index in [-0.39, 0.29) is 0 Å². The molecule has 0 bridgehead atoms. The van der Waals surface area contributed by atoms with Gasteiger partial charge in [0.25, 0.3) is 0 Å². The molecule has 0 spiro atoms. The highest BCUT2D eigenvalue weighted by Crippen LogP contribution is 2.08. The summed E-state index contributed by atoms with van der Waals surface area (Å²) in [5.41, 5.74) is -1.17. The summed E-state index contributed by atoms with van der Waals surface area (Å²) in [7, 11) is 5.26. The Bertz CT molecular complexity index is 127. The third-order valence-corrected chi connectivity index (χ3v) is 0.989. The second-order valence-corrected chi connectivity index (χ2v) is 2.68. The van der Waals surface area contributed by atoms with Crippen molar-refractivity contribution in [2.45, 2.75) is 32.4 Å². The van der Waals surface area contributed by atoms with Crippen molar-refractivity contribution in [2.75, 3.05) is 0 Å². The number of carbonyl (C=O) groups is 1. The Morgan fingerprint density at radius 2 is 2.10 bits per heavy atom. The van der Waals surface area contributed by atoms with E-state index >= 15 is 0 Å². The molecule has 0 saturated carbocycles. The minimum atomic E-state index is -1.17. The van der Waals surface area contributed by atoms with Crippen LogP contribution in [0.5, 0.6) is 0 Å². The molecule has 0 heterocycles. The molecule has 2 radical (unpaired) electrons. The minimum absolute atomic E-state index is 0.491. The second kappa shape index (κ2) is 3.06. The first-order valence-corrected chi connectivity index (χ1v) is 2.99. The Morgan fingerprint density at radius 1 is 1.70 bits per heavy atom. The molecule has 0 saturated heterocycles. The van der Waals surface area contributed by atoms with Crippen LogP contribution in [0.15, 0.2) is 0 Å². The van der Waals surface area contributed by atoms with Crippen LogP contribution in [0.2, 0.25) is 0 Å². The lowest BCUT2D eigenvalue weighted by Crippen LogP contribution is -2.39. The van der Waals surface area contributed by atoms with E-state index in [9.17, 15) is 4.79 Å². The van der Waals surface area contributed by atoms with Crippen molar-refractivity contribution >= 4 is 13.8 Å². The van der Waals surface area contributed by atoms with Crippen molar-refractivity contribution in [3.8, 4) is 0 Å². The third kappa shape index (κ3) is 3.51. The van der Waals surface area contributed by atoms with E-state index in [1.54, 1.807) is 0 Å². The molecule has 0 aromatic carbocycles. The molecule has 0 aliphatic rings. The summed E-state index contributed by atoms with van der Waals surface area (Å²) in [6.07, 6.45) is 0. The first-order valence-electron chi connectivity index (χ1n) is 2.99. The largest absolute Gasteiger partial charge is 0.470 e. The number of aliphatic hydroxyl groups is 1. The van der Waals surface area contributed by atoms with Gasteiger partial charge in [-0.25, -0.2) is 0 Å². The zero-order valence-electron chi connectivity index (χ0n) is 6.42. The molecule has 0 aliphatic carbocycles. The van der Waals surface area contributed by atoms with Crippen LogP contribution < -0.4 is 0 Å². The highest BCUT2D eigenvalue weighted by Gasteiger charge is 2.23. The molecule has 0 aromatic rings. The summed E-state index contributed by atoms with van der Waals surface area (Å²) in [5, 5.41) is 9.13. The molecule has 10 heavy (non-hydrogen) atoms. The molecule has 1 N–H and O–H groups in total. The molecule has 0 rings (SSSR count). The Morgan fingerprint density at radius 3 is 2.20 bits per heavy atom. The van der Waals surface area contributed by atoms with Gasteiger partial charge in [-0.3, -0.25) is 4.79 Å². The maximum atomic E-state index is 10.3. The molecule has 1 atom stereocenters. The lowest BCUT2D eigenvalue weighted by molar-refractivity contribution is -0.150. The van der Waals surface area contributed by atoms with E-state index in [1.165, 1.54) is 20.8 Å². The van der Waals surface area contributed by atoms with Gasteiger partial charge >= 0.3 is 5.97 Å². The minimum Gasteiger partial charge on any atom is -0.470 e. The van der Waals surface area contributed by atoms with Gasteiger partial charge in [0.15, 0.2) is 0 Å².